The van der Waals surface area contributed by atoms with Crippen molar-refractivity contribution in [1.82, 2.24) is 4.90 Å². The van der Waals surface area contributed by atoms with Crippen LogP contribution in [0.5, 0.6) is 17.2 Å². The van der Waals surface area contributed by atoms with Crippen LogP contribution in [0.1, 0.15) is 32.4 Å². The molecule has 2 saturated heterocycles. The van der Waals surface area contributed by atoms with Gasteiger partial charge in [0, 0.05) is 19.0 Å². The molecule has 164 valence electrons. The van der Waals surface area contributed by atoms with Gasteiger partial charge in [0.15, 0.2) is 11.5 Å². The molecule has 2 amide bonds. The number of quaternary nitrogens is 1. The minimum atomic E-state index is -1.22. The van der Waals surface area contributed by atoms with E-state index in [0.717, 1.165) is 0 Å². The normalized spacial score (nSPS) is 27.8. The first-order valence-electron chi connectivity index (χ1n) is 9.97. The molecule has 2 aliphatic heterocycles. The Morgan fingerprint density at radius 2 is 1.67 bits per heavy atom. The number of carbonyl (C=O) groups excluding carboxylic acids is 3. The van der Waals surface area contributed by atoms with Crippen LogP contribution in [0, 0.1) is 11.8 Å². The Morgan fingerprint density at radius 3 is 2.13 bits per heavy atom. The predicted octanol–water partition coefficient (Wildman–Crippen LogP) is 0.273. The van der Waals surface area contributed by atoms with Crippen molar-refractivity contribution in [2.75, 3.05) is 34.5 Å². The predicted molar refractivity (Wildman–Crippen MR) is 105 cm³/mol. The van der Waals surface area contributed by atoms with Crippen LogP contribution in [-0.4, -0.2) is 62.7 Å². The Bertz CT molecular complexity index is 846. The van der Waals surface area contributed by atoms with Crippen LogP contribution < -0.4 is 19.5 Å². The molecule has 1 aromatic rings. The number of ether oxygens (including phenoxy) is 4. The molecule has 9 nitrogen and oxygen atoms in total. The zero-order chi connectivity index (χ0) is 22.2. The summed E-state index contributed by atoms with van der Waals surface area (Å²) in [6, 6.07) is 3.01. The Morgan fingerprint density at radius 1 is 1.07 bits per heavy atom. The number of likely N-dealkylation sites (tertiary alicyclic amines) is 1. The molecule has 2 heterocycles. The molecular weight excluding hydrogens is 392 g/mol. The van der Waals surface area contributed by atoms with Gasteiger partial charge in [-0.1, -0.05) is 0 Å². The highest BCUT2D eigenvalue weighted by Crippen LogP contribution is 2.47. The molecule has 2 N–H and O–H groups in total. The number of nitrogens with zero attached hydrogens (tertiary/aromatic N) is 1. The molecule has 0 aromatic heterocycles. The second-order valence-corrected chi connectivity index (χ2v) is 7.58. The molecule has 2 fully saturated rings. The number of rotatable bonds is 7. The molecule has 9 heteroatoms. The van der Waals surface area contributed by atoms with Crippen molar-refractivity contribution in [3.63, 3.8) is 0 Å². The maximum atomic E-state index is 13.2. The van der Waals surface area contributed by atoms with Crippen molar-refractivity contribution in [2.45, 2.75) is 32.4 Å². The Hall–Kier alpha value is -2.81. The summed E-state index contributed by atoms with van der Waals surface area (Å²) >= 11 is 0. The van der Waals surface area contributed by atoms with Crippen molar-refractivity contribution in [2.24, 2.45) is 11.8 Å². The average molecular weight is 421 g/mol. The van der Waals surface area contributed by atoms with E-state index in [4.69, 9.17) is 18.9 Å². The third-order valence-electron chi connectivity index (χ3n) is 6.10. The third-order valence-corrected chi connectivity index (χ3v) is 6.10. The number of amides is 2. The van der Waals surface area contributed by atoms with Crippen molar-refractivity contribution >= 4 is 17.8 Å². The van der Waals surface area contributed by atoms with Crippen molar-refractivity contribution in [1.29, 1.82) is 0 Å². The number of nitrogens with two attached hydrogens (primary N) is 1. The first kappa shape index (κ1) is 21.9. The van der Waals surface area contributed by atoms with Gasteiger partial charge in [-0.25, -0.2) is 4.79 Å². The van der Waals surface area contributed by atoms with Gasteiger partial charge in [0.1, 0.15) is 17.9 Å². The lowest BCUT2D eigenvalue weighted by atomic mass is 9.80. The largest absolute Gasteiger partial charge is 0.493 e. The Labute approximate surface area is 175 Å². The van der Waals surface area contributed by atoms with Crippen molar-refractivity contribution < 1.29 is 38.6 Å². The molecule has 0 saturated carbocycles. The number of esters is 1. The summed E-state index contributed by atoms with van der Waals surface area (Å²) in [6.07, 6.45) is 0. The highest BCUT2D eigenvalue weighted by atomic mass is 16.5. The standard InChI is InChI=1S/C21H28N2O7/c1-7-23-18(24)14-15(19(23)25)21(3,20(26)30-8-2)22-16(14)11-9-12(27-4)17(29-6)13(10-11)28-5/h9-10,14-16,22H,7-8H2,1-6H3/p+1/t14-,15-,16+,21+/m0/s1. The van der Waals surface area contributed by atoms with Gasteiger partial charge >= 0.3 is 5.97 Å². The number of imide groups is 1. The molecule has 1 aromatic carbocycles. The number of hydrogen-bond acceptors (Lipinski definition) is 7. The van der Waals surface area contributed by atoms with Gasteiger partial charge in [0.25, 0.3) is 0 Å². The summed E-state index contributed by atoms with van der Waals surface area (Å²) in [7, 11) is 4.52. The van der Waals surface area contributed by atoms with Crippen LogP contribution in [0.3, 0.4) is 0 Å². The fraction of sp³-hybridized carbons (Fsp3) is 0.571. The molecule has 4 atom stereocenters. The van der Waals surface area contributed by atoms with Gasteiger partial charge in [-0.05, 0) is 26.0 Å². The molecule has 30 heavy (non-hydrogen) atoms. The third kappa shape index (κ3) is 3.08. The summed E-state index contributed by atoms with van der Waals surface area (Å²) in [6.45, 7) is 5.58. The van der Waals surface area contributed by atoms with Gasteiger partial charge in [0.2, 0.25) is 23.1 Å². The smallest absolute Gasteiger partial charge is 0.368 e. The van der Waals surface area contributed by atoms with Crippen LogP contribution in [-0.2, 0) is 19.1 Å². The molecule has 2 aliphatic rings. The van der Waals surface area contributed by atoms with E-state index < -0.39 is 29.4 Å². The minimum absolute atomic E-state index is 0.189. The van der Waals surface area contributed by atoms with Crippen LogP contribution in [0.15, 0.2) is 12.1 Å². The molecule has 0 bridgehead atoms. The summed E-state index contributed by atoms with van der Waals surface area (Å²) in [5.74, 6) is -1.34. The fourth-order valence-electron chi connectivity index (χ4n) is 4.71. The van der Waals surface area contributed by atoms with Crippen LogP contribution >= 0.6 is 0 Å². The van der Waals surface area contributed by atoms with E-state index in [0.29, 0.717) is 22.8 Å². The summed E-state index contributed by atoms with van der Waals surface area (Å²) in [4.78, 5) is 40.3. The van der Waals surface area contributed by atoms with Gasteiger partial charge in [-0.3, -0.25) is 14.5 Å². The van der Waals surface area contributed by atoms with E-state index >= 15 is 0 Å². The van der Waals surface area contributed by atoms with E-state index in [9.17, 15) is 14.4 Å². The first-order valence-corrected chi connectivity index (χ1v) is 9.97. The maximum Gasteiger partial charge on any atom is 0.368 e. The number of methoxy groups -OCH3 is 3. The van der Waals surface area contributed by atoms with Gasteiger partial charge in [0.05, 0.1) is 27.9 Å². The topological polar surface area (TPSA) is 108 Å². The number of carbonyl (C=O) groups is 3. The quantitative estimate of drug-likeness (QED) is 0.497. The second-order valence-electron chi connectivity index (χ2n) is 7.58. The zero-order valence-electron chi connectivity index (χ0n) is 18.2. The molecule has 0 radical (unpaired) electrons. The molecule has 0 unspecified atom stereocenters. The minimum Gasteiger partial charge on any atom is -0.493 e. The highest BCUT2D eigenvalue weighted by Gasteiger charge is 2.70. The van der Waals surface area contributed by atoms with Gasteiger partial charge < -0.3 is 24.3 Å². The monoisotopic (exact) mass is 421 g/mol. The SMILES string of the molecule is CCOC(=O)[C@]1(C)[NH2+][C@H](c2cc(OC)c(OC)c(OC)c2)[C@H]2C(=O)N(CC)C(=O)[C@H]21. The summed E-state index contributed by atoms with van der Waals surface area (Å²) in [5.41, 5.74) is -0.519. The highest BCUT2D eigenvalue weighted by molar-refractivity contribution is 6.08. The lowest BCUT2D eigenvalue weighted by Crippen LogP contribution is -2.97. The molecular formula is C21H29N2O7+. The molecule has 3 rings (SSSR count). The van der Waals surface area contributed by atoms with Crippen LogP contribution in [0.4, 0.5) is 0 Å². The van der Waals surface area contributed by atoms with Crippen molar-refractivity contribution in [3.05, 3.63) is 17.7 Å². The fourth-order valence-corrected chi connectivity index (χ4v) is 4.71. The molecule has 0 spiro atoms. The molecule has 0 aliphatic carbocycles. The Balaban J connectivity index is 2.15. The number of benzene rings is 1. The first-order chi connectivity index (χ1) is 14.3. The second kappa shape index (κ2) is 8.14. The lowest BCUT2D eigenvalue weighted by molar-refractivity contribution is -0.731. The summed E-state index contributed by atoms with van der Waals surface area (Å²) < 4.78 is 21.6. The van der Waals surface area contributed by atoms with E-state index in [1.165, 1.54) is 26.2 Å². The zero-order valence-corrected chi connectivity index (χ0v) is 18.2. The van der Waals surface area contributed by atoms with Gasteiger partial charge in [-0.2, -0.15) is 0 Å². The maximum absolute atomic E-state index is 13.2. The lowest BCUT2D eigenvalue weighted by Gasteiger charge is -2.26. The van der Waals surface area contributed by atoms with Crippen LogP contribution in [0.25, 0.3) is 0 Å². The van der Waals surface area contributed by atoms with Gasteiger partial charge in [-0.15, -0.1) is 0 Å². The van der Waals surface area contributed by atoms with E-state index in [-0.39, 0.29) is 25.0 Å². The van der Waals surface area contributed by atoms with E-state index in [1.54, 1.807) is 38.2 Å². The average Bonchev–Trinajstić information content (AvgIpc) is 3.20. The summed E-state index contributed by atoms with van der Waals surface area (Å²) in [5, 5.41) is 1.77. The van der Waals surface area contributed by atoms with Crippen molar-refractivity contribution in [3.8, 4) is 17.2 Å². The number of hydrogen-bond donors (Lipinski definition) is 1. The Kier molecular flexibility index (Phi) is 5.94. The number of fused-ring (bicyclic) bond motifs is 1. The van der Waals surface area contributed by atoms with E-state index in [2.05, 4.69) is 0 Å². The van der Waals surface area contributed by atoms with Crippen LogP contribution in [0.2, 0.25) is 0 Å². The van der Waals surface area contributed by atoms with E-state index in [1.807, 2.05) is 0 Å².